The number of para-hydroxylation sites is 1. The molecule has 144 valence electrons. The zero-order chi connectivity index (χ0) is 18.0. The highest BCUT2D eigenvalue weighted by molar-refractivity contribution is 14.0. The number of hydrogen-bond acceptors (Lipinski definition) is 3. The van der Waals surface area contributed by atoms with Crippen LogP contribution in [0.4, 0.5) is 0 Å². The highest BCUT2D eigenvalue weighted by Gasteiger charge is 2.36. The highest BCUT2D eigenvalue weighted by atomic mass is 127. The second-order valence-corrected chi connectivity index (χ2v) is 6.99. The molecular weight excluding hydrogens is 453 g/mol. The fourth-order valence-corrected chi connectivity index (χ4v) is 3.93. The molecule has 2 unspecified atom stereocenters. The normalized spacial score (nSPS) is 23.5. The minimum absolute atomic E-state index is 0. The van der Waals surface area contributed by atoms with Crippen molar-refractivity contribution < 1.29 is 9.84 Å². The Bertz CT molecular complexity index is 827. The molecule has 0 bridgehead atoms. The Kier molecular flexibility index (Phi) is 6.26. The number of nitrogens with zero attached hydrogens (tertiary/aromatic N) is 1. The van der Waals surface area contributed by atoms with Crippen LogP contribution >= 0.6 is 24.0 Å². The number of aliphatic hydroxyl groups is 1. The van der Waals surface area contributed by atoms with Crippen LogP contribution in [0, 0.1) is 0 Å². The Morgan fingerprint density at radius 2 is 2.00 bits per heavy atom. The van der Waals surface area contributed by atoms with Gasteiger partial charge in [-0.3, -0.25) is 4.99 Å². The first-order valence-electron chi connectivity index (χ1n) is 9.19. The van der Waals surface area contributed by atoms with Crippen molar-refractivity contribution in [3.05, 3.63) is 65.2 Å². The van der Waals surface area contributed by atoms with Crippen molar-refractivity contribution in [1.82, 2.24) is 10.6 Å². The first kappa shape index (κ1) is 19.9. The van der Waals surface area contributed by atoms with Gasteiger partial charge in [0.1, 0.15) is 11.4 Å². The van der Waals surface area contributed by atoms with Gasteiger partial charge in [0.15, 0.2) is 5.96 Å². The number of aryl methyl sites for hydroxylation is 1. The van der Waals surface area contributed by atoms with Gasteiger partial charge < -0.3 is 20.5 Å². The molecule has 1 aliphatic heterocycles. The Labute approximate surface area is 177 Å². The lowest BCUT2D eigenvalue weighted by Crippen LogP contribution is -2.46. The molecule has 4 rings (SSSR count). The van der Waals surface area contributed by atoms with E-state index in [0.717, 1.165) is 36.1 Å². The molecule has 0 saturated carbocycles. The van der Waals surface area contributed by atoms with Gasteiger partial charge in [-0.15, -0.1) is 24.0 Å². The van der Waals surface area contributed by atoms with Gasteiger partial charge in [0.2, 0.25) is 0 Å². The van der Waals surface area contributed by atoms with E-state index < -0.39 is 5.60 Å². The lowest BCUT2D eigenvalue weighted by Gasteiger charge is -2.30. The molecule has 3 N–H and O–H groups in total. The average molecular weight is 479 g/mol. The van der Waals surface area contributed by atoms with E-state index in [9.17, 15) is 5.11 Å². The zero-order valence-electron chi connectivity index (χ0n) is 15.4. The van der Waals surface area contributed by atoms with Crippen LogP contribution in [0.2, 0.25) is 0 Å². The molecule has 2 aromatic rings. The summed E-state index contributed by atoms with van der Waals surface area (Å²) in [5.41, 5.74) is 2.56. The third-order valence-corrected chi connectivity index (χ3v) is 5.37. The molecule has 1 aliphatic carbocycles. The molecule has 2 atom stereocenters. The number of halogens is 1. The van der Waals surface area contributed by atoms with Crippen molar-refractivity contribution in [2.24, 2.45) is 4.99 Å². The van der Waals surface area contributed by atoms with Crippen molar-refractivity contribution in [1.29, 1.82) is 0 Å². The summed E-state index contributed by atoms with van der Waals surface area (Å²) in [5, 5.41) is 17.9. The van der Waals surface area contributed by atoms with Crippen LogP contribution in [0.1, 0.15) is 35.6 Å². The topological polar surface area (TPSA) is 65.9 Å². The largest absolute Gasteiger partial charge is 0.493 e. The summed E-state index contributed by atoms with van der Waals surface area (Å²) in [6.07, 6.45) is 2.52. The van der Waals surface area contributed by atoms with Crippen LogP contribution in [0.25, 0.3) is 0 Å². The maximum atomic E-state index is 11.1. The maximum absolute atomic E-state index is 11.1. The Morgan fingerprint density at radius 3 is 2.85 bits per heavy atom. The summed E-state index contributed by atoms with van der Waals surface area (Å²) in [4.78, 5) is 4.35. The van der Waals surface area contributed by atoms with Gasteiger partial charge in [-0.1, -0.05) is 42.5 Å². The fraction of sp³-hybridized carbons (Fsp3) is 0.381. The Morgan fingerprint density at radius 1 is 1.22 bits per heavy atom. The number of aliphatic imine (C=N–C) groups is 1. The predicted octanol–water partition coefficient (Wildman–Crippen LogP) is 3.13. The van der Waals surface area contributed by atoms with E-state index in [1.165, 1.54) is 5.56 Å². The number of guanidine groups is 1. The number of rotatable bonds is 3. The van der Waals surface area contributed by atoms with Gasteiger partial charge in [0, 0.05) is 19.0 Å². The zero-order valence-corrected chi connectivity index (χ0v) is 17.8. The summed E-state index contributed by atoms with van der Waals surface area (Å²) < 4.78 is 5.72. The van der Waals surface area contributed by atoms with Gasteiger partial charge in [0.05, 0.1) is 19.2 Å². The molecule has 0 radical (unpaired) electrons. The van der Waals surface area contributed by atoms with Crippen LogP contribution < -0.4 is 15.4 Å². The first-order valence-corrected chi connectivity index (χ1v) is 9.19. The minimum atomic E-state index is -0.845. The molecule has 1 heterocycles. The number of ether oxygens (including phenoxy) is 1. The van der Waals surface area contributed by atoms with Crippen LogP contribution in [0.3, 0.4) is 0 Å². The van der Waals surface area contributed by atoms with Crippen LogP contribution in [-0.2, 0) is 12.0 Å². The van der Waals surface area contributed by atoms with E-state index in [2.05, 4.69) is 27.8 Å². The molecule has 0 fully saturated rings. The van der Waals surface area contributed by atoms with Crippen molar-refractivity contribution in [3.63, 3.8) is 0 Å². The molecule has 2 aliphatic rings. The SMILES string of the molecule is CN=C(NCC1(O)CCc2ccccc21)NC1CCOc2ccccc21.I. The molecule has 0 spiro atoms. The summed E-state index contributed by atoms with van der Waals surface area (Å²) in [6, 6.07) is 16.4. The lowest BCUT2D eigenvalue weighted by molar-refractivity contribution is 0.0431. The molecule has 0 aromatic heterocycles. The molecule has 0 saturated heterocycles. The summed E-state index contributed by atoms with van der Waals surface area (Å²) in [5.74, 6) is 1.62. The van der Waals surface area contributed by atoms with Gasteiger partial charge in [-0.2, -0.15) is 0 Å². The number of hydrogen-bond donors (Lipinski definition) is 3. The van der Waals surface area contributed by atoms with Crippen LogP contribution in [0.5, 0.6) is 5.75 Å². The number of benzene rings is 2. The number of nitrogens with one attached hydrogen (secondary N) is 2. The molecule has 0 amide bonds. The molecule has 2 aromatic carbocycles. The minimum Gasteiger partial charge on any atom is -0.493 e. The third-order valence-electron chi connectivity index (χ3n) is 5.37. The van der Waals surface area contributed by atoms with E-state index in [1.54, 1.807) is 7.05 Å². The number of fused-ring (bicyclic) bond motifs is 2. The standard InChI is InChI=1S/C21H25N3O2.HI/c1-22-20(24-18-11-13-26-19-9-5-3-7-16(18)19)23-14-21(25)12-10-15-6-2-4-8-17(15)21;/h2-9,18,25H,10-14H2,1H3,(H2,22,23,24);1H. The van der Waals surface area contributed by atoms with Crippen LogP contribution in [-0.4, -0.2) is 31.3 Å². The summed E-state index contributed by atoms with van der Waals surface area (Å²) in [7, 11) is 1.76. The lowest BCUT2D eigenvalue weighted by atomic mass is 9.96. The van der Waals surface area contributed by atoms with Crippen molar-refractivity contribution in [2.45, 2.75) is 30.9 Å². The molecular formula is C21H26IN3O2. The van der Waals surface area contributed by atoms with Gasteiger partial charge in [-0.05, 0) is 30.0 Å². The molecule has 5 nitrogen and oxygen atoms in total. The van der Waals surface area contributed by atoms with Crippen molar-refractivity contribution in [3.8, 4) is 5.75 Å². The monoisotopic (exact) mass is 479 g/mol. The first-order chi connectivity index (χ1) is 12.7. The van der Waals surface area contributed by atoms with E-state index in [-0.39, 0.29) is 30.0 Å². The van der Waals surface area contributed by atoms with Crippen molar-refractivity contribution >= 4 is 29.9 Å². The smallest absolute Gasteiger partial charge is 0.191 e. The summed E-state index contributed by atoms with van der Waals surface area (Å²) in [6.45, 7) is 1.12. The Hall–Kier alpha value is -1.80. The predicted molar refractivity (Wildman–Crippen MR) is 118 cm³/mol. The second-order valence-electron chi connectivity index (χ2n) is 6.99. The van der Waals surface area contributed by atoms with E-state index in [1.807, 2.05) is 36.4 Å². The van der Waals surface area contributed by atoms with Gasteiger partial charge in [0.25, 0.3) is 0 Å². The highest BCUT2D eigenvalue weighted by Crippen LogP contribution is 2.36. The van der Waals surface area contributed by atoms with E-state index >= 15 is 0 Å². The van der Waals surface area contributed by atoms with Crippen molar-refractivity contribution in [2.75, 3.05) is 20.2 Å². The van der Waals surface area contributed by atoms with Gasteiger partial charge >= 0.3 is 0 Å². The molecule has 6 heteroatoms. The van der Waals surface area contributed by atoms with E-state index in [0.29, 0.717) is 19.1 Å². The third kappa shape index (κ3) is 4.06. The molecule has 27 heavy (non-hydrogen) atoms. The Balaban J connectivity index is 0.00000210. The van der Waals surface area contributed by atoms with Gasteiger partial charge in [-0.25, -0.2) is 0 Å². The quantitative estimate of drug-likeness (QED) is 0.360. The maximum Gasteiger partial charge on any atom is 0.191 e. The summed E-state index contributed by atoms with van der Waals surface area (Å²) >= 11 is 0. The second kappa shape index (κ2) is 8.48. The fourth-order valence-electron chi connectivity index (χ4n) is 3.93. The van der Waals surface area contributed by atoms with Crippen LogP contribution in [0.15, 0.2) is 53.5 Å². The van der Waals surface area contributed by atoms with E-state index in [4.69, 9.17) is 4.74 Å². The average Bonchev–Trinajstić information content (AvgIpc) is 3.03.